The summed E-state index contributed by atoms with van der Waals surface area (Å²) in [4.78, 5) is 13.5. The van der Waals surface area contributed by atoms with Crippen molar-refractivity contribution in [1.82, 2.24) is 4.90 Å². The second-order valence-electron chi connectivity index (χ2n) is 6.02. The molecule has 0 aromatic heterocycles. The molecule has 0 unspecified atom stereocenters. The Labute approximate surface area is 109 Å². The number of carboxylic acid groups (broad SMARTS) is 1. The smallest absolute Gasteiger partial charge is 0.310 e. The number of aliphatic carboxylic acids is 1. The number of rotatable bonds is 6. The van der Waals surface area contributed by atoms with Crippen LogP contribution in [0.25, 0.3) is 0 Å². The zero-order valence-electron chi connectivity index (χ0n) is 11.4. The van der Waals surface area contributed by atoms with Gasteiger partial charge in [-0.1, -0.05) is 6.42 Å². The van der Waals surface area contributed by atoms with E-state index in [1.165, 1.54) is 6.42 Å². The van der Waals surface area contributed by atoms with Gasteiger partial charge in [-0.05, 0) is 51.6 Å². The zero-order valence-corrected chi connectivity index (χ0v) is 11.4. The van der Waals surface area contributed by atoms with Gasteiger partial charge in [0.1, 0.15) is 0 Å². The monoisotopic (exact) mass is 255 g/mol. The van der Waals surface area contributed by atoms with Crippen molar-refractivity contribution in [2.24, 2.45) is 11.3 Å². The molecule has 18 heavy (non-hydrogen) atoms. The SMILES string of the molecule is CN(CCC1CCOCC1)CC1(C(=O)O)CCC1. The Balaban J connectivity index is 1.71. The molecule has 2 rings (SSSR count). The Kier molecular flexibility index (Phi) is 4.62. The molecule has 1 aliphatic carbocycles. The van der Waals surface area contributed by atoms with Crippen LogP contribution in [0.5, 0.6) is 0 Å². The fourth-order valence-corrected chi connectivity index (χ4v) is 3.08. The van der Waals surface area contributed by atoms with Gasteiger partial charge in [-0.3, -0.25) is 4.79 Å². The number of hydrogen-bond donors (Lipinski definition) is 1. The van der Waals surface area contributed by atoms with Gasteiger partial charge < -0.3 is 14.7 Å². The van der Waals surface area contributed by atoms with Gasteiger partial charge in [0.25, 0.3) is 0 Å². The van der Waals surface area contributed by atoms with Crippen molar-refractivity contribution in [1.29, 1.82) is 0 Å². The highest BCUT2D eigenvalue weighted by Gasteiger charge is 2.44. The largest absolute Gasteiger partial charge is 0.481 e. The van der Waals surface area contributed by atoms with E-state index in [4.69, 9.17) is 4.74 Å². The van der Waals surface area contributed by atoms with Crippen LogP contribution in [0.15, 0.2) is 0 Å². The maximum atomic E-state index is 11.3. The van der Waals surface area contributed by atoms with Crippen LogP contribution in [0.4, 0.5) is 0 Å². The minimum atomic E-state index is -0.605. The summed E-state index contributed by atoms with van der Waals surface area (Å²) in [6, 6.07) is 0. The number of nitrogens with zero attached hydrogens (tertiary/aromatic N) is 1. The summed E-state index contributed by atoms with van der Waals surface area (Å²) in [5.74, 6) is 0.162. The van der Waals surface area contributed by atoms with Crippen LogP contribution in [0.3, 0.4) is 0 Å². The molecule has 104 valence electrons. The summed E-state index contributed by atoms with van der Waals surface area (Å²) < 4.78 is 5.35. The molecule has 1 aliphatic heterocycles. The highest BCUT2D eigenvalue weighted by atomic mass is 16.5. The second kappa shape index (κ2) is 6.02. The van der Waals surface area contributed by atoms with Crippen molar-refractivity contribution in [2.45, 2.75) is 38.5 Å². The molecule has 1 heterocycles. The zero-order chi connectivity index (χ0) is 13.0. The number of ether oxygens (including phenoxy) is 1. The predicted octanol–water partition coefficient (Wildman–Crippen LogP) is 1.99. The summed E-state index contributed by atoms with van der Waals surface area (Å²) in [7, 11) is 2.06. The van der Waals surface area contributed by atoms with E-state index in [9.17, 15) is 9.90 Å². The topological polar surface area (TPSA) is 49.8 Å². The average molecular weight is 255 g/mol. The lowest BCUT2D eigenvalue weighted by molar-refractivity contribution is -0.156. The number of carbonyl (C=O) groups is 1. The molecule has 0 spiro atoms. The van der Waals surface area contributed by atoms with Crippen molar-refractivity contribution < 1.29 is 14.6 Å². The van der Waals surface area contributed by atoms with Gasteiger partial charge in [0.05, 0.1) is 5.41 Å². The minimum Gasteiger partial charge on any atom is -0.481 e. The highest BCUT2D eigenvalue weighted by Crippen LogP contribution is 2.41. The van der Waals surface area contributed by atoms with Gasteiger partial charge in [0.2, 0.25) is 0 Å². The summed E-state index contributed by atoms with van der Waals surface area (Å²) in [5.41, 5.74) is -0.440. The molecule has 2 fully saturated rings. The molecule has 0 atom stereocenters. The van der Waals surface area contributed by atoms with Gasteiger partial charge in [-0.25, -0.2) is 0 Å². The number of hydrogen-bond acceptors (Lipinski definition) is 3. The first-order chi connectivity index (χ1) is 8.62. The fourth-order valence-electron chi connectivity index (χ4n) is 3.08. The van der Waals surface area contributed by atoms with Crippen LogP contribution in [-0.4, -0.2) is 49.3 Å². The molecule has 1 N–H and O–H groups in total. The molecular formula is C14H25NO3. The Morgan fingerprint density at radius 1 is 1.39 bits per heavy atom. The van der Waals surface area contributed by atoms with E-state index in [0.717, 1.165) is 57.8 Å². The summed E-state index contributed by atoms with van der Waals surface area (Å²) in [6.07, 6.45) is 6.28. The number of carboxylic acids is 1. The van der Waals surface area contributed by atoms with Crippen molar-refractivity contribution in [3.05, 3.63) is 0 Å². The van der Waals surface area contributed by atoms with Crippen LogP contribution >= 0.6 is 0 Å². The standard InChI is InChI=1S/C14H25NO3/c1-15(8-3-12-4-9-18-10-5-12)11-14(13(16)17)6-2-7-14/h12H,2-11H2,1H3,(H,16,17). The van der Waals surface area contributed by atoms with Crippen molar-refractivity contribution in [2.75, 3.05) is 33.4 Å². The van der Waals surface area contributed by atoms with Gasteiger partial charge in [0.15, 0.2) is 0 Å². The lowest BCUT2D eigenvalue weighted by Crippen LogP contribution is -2.47. The molecule has 1 saturated heterocycles. The predicted molar refractivity (Wildman–Crippen MR) is 69.6 cm³/mol. The molecule has 4 heteroatoms. The minimum absolute atomic E-state index is 0.440. The molecule has 2 aliphatic rings. The van der Waals surface area contributed by atoms with Crippen LogP contribution < -0.4 is 0 Å². The van der Waals surface area contributed by atoms with E-state index in [-0.39, 0.29) is 0 Å². The summed E-state index contributed by atoms with van der Waals surface area (Å²) in [6.45, 7) is 3.52. The van der Waals surface area contributed by atoms with Crippen molar-refractivity contribution in [3.8, 4) is 0 Å². The first-order valence-electron chi connectivity index (χ1n) is 7.12. The van der Waals surface area contributed by atoms with Crippen LogP contribution in [0.1, 0.15) is 38.5 Å². The molecule has 1 saturated carbocycles. The molecule has 0 amide bonds. The third-order valence-corrected chi connectivity index (χ3v) is 4.60. The van der Waals surface area contributed by atoms with Crippen molar-refractivity contribution >= 4 is 5.97 Å². The molecule has 0 aromatic rings. The lowest BCUT2D eigenvalue weighted by atomic mass is 9.68. The van der Waals surface area contributed by atoms with Crippen LogP contribution in [-0.2, 0) is 9.53 Å². The third kappa shape index (κ3) is 3.23. The van der Waals surface area contributed by atoms with E-state index in [1.54, 1.807) is 0 Å². The highest BCUT2D eigenvalue weighted by molar-refractivity contribution is 5.76. The van der Waals surface area contributed by atoms with E-state index in [1.807, 2.05) is 0 Å². The molecular weight excluding hydrogens is 230 g/mol. The Morgan fingerprint density at radius 3 is 2.56 bits per heavy atom. The van der Waals surface area contributed by atoms with Crippen molar-refractivity contribution in [3.63, 3.8) is 0 Å². The summed E-state index contributed by atoms with van der Waals surface area (Å²) in [5, 5.41) is 9.31. The first-order valence-corrected chi connectivity index (χ1v) is 7.12. The maximum absolute atomic E-state index is 11.3. The molecule has 0 aromatic carbocycles. The molecule has 0 radical (unpaired) electrons. The average Bonchev–Trinajstić information content (AvgIpc) is 2.32. The van der Waals surface area contributed by atoms with E-state index in [2.05, 4.69) is 11.9 Å². The maximum Gasteiger partial charge on any atom is 0.310 e. The van der Waals surface area contributed by atoms with Crippen LogP contribution in [0, 0.1) is 11.3 Å². The van der Waals surface area contributed by atoms with Gasteiger partial charge >= 0.3 is 5.97 Å². The summed E-state index contributed by atoms with van der Waals surface area (Å²) >= 11 is 0. The van der Waals surface area contributed by atoms with E-state index in [0.29, 0.717) is 6.54 Å². The lowest BCUT2D eigenvalue weighted by Gasteiger charge is -2.40. The first kappa shape index (κ1) is 13.8. The quantitative estimate of drug-likeness (QED) is 0.788. The van der Waals surface area contributed by atoms with Gasteiger partial charge in [-0.2, -0.15) is 0 Å². The van der Waals surface area contributed by atoms with E-state index < -0.39 is 11.4 Å². The van der Waals surface area contributed by atoms with E-state index >= 15 is 0 Å². The Morgan fingerprint density at radius 2 is 2.06 bits per heavy atom. The Hall–Kier alpha value is -0.610. The third-order valence-electron chi connectivity index (χ3n) is 4.60. The van der Waals surface area contributed by atoms with Gasteiger partial charge in [-0.15, -0.1) is 0 Å². The molecule has 4 nitrogen and oxygen atoms in total. The van der Waals surface area contributed by atoms with Crippen LogP contribution in [0.2, 0.25) is 0 Å². The normalized spacial score (nSPS) is 23.9. The Bertz CT molecular complexity index is 283. The molecule has 0 bridgehead atoms. The fraction of sp³-hybridized carbons (Fsp3) is 0.929. The second-order valence-corrected chi connectivity index (χ2v) is 6.02. The van der Waals surface area contributed by atoms with Gasteiger partial charge in [0, 0.05) is 19.8 Å².